The van der Waals surface area contributed by atoms with Crippen molar-refractivity contribution in [3.63, 3.8) is 0 Å². The van der Waals surface area contributed by atoms with Crippen LogP contribution >= 0.6 is 23.4 Å². The first-order valence-electron chi connectivity index (χ1n) is 7.35. The molecule has 2 rings (SSSR count). The van der Waals surface area contributed by atoms with Crippen LogP contribution in [0.5, 0.6) is 0 Å². The summed E-state index contributed by atoms with van der Waals surface area (Å²) in [7, 11) is 1.62. The van der Waals surface area contributed by atoms with E-state index in [1.54, 1.807) is 18.9 Å². The Labute approximate surface area is 146 Å². The number of ether oxygens (including phenoxy) is 1. The van der Waals surface area contributed by atoms with Crippen molar-refractivity contribution < 1.29 is 9.53 Å². The second-order valence-electron chi connectivity index (χ2n) is 5.27. The fourth-order valence-electron chi connectivity index (χ4n) is 2.05. The Morgan fingerprint density at radius 3 is 2.43 bits per heavy atom. The molecule has 0 aliphatic carbocycles. The number of nitrogens with one attached hydrogen (secondary N) is 1. The molecular weight excluding hydrogens is 330 g/mol. The Bertz CT molecular complexity index is 628. The molecule has 2 aromatic carbocycles. The van der Waals surface area contributed by atoms with E-state index in [-0.39, 0.29) is 11.9 Å². The van der Waals surface area contributed by atoms with Gasteiger partial charge in [0.2, 0.25) is 0 Å². The number of thioether (sulfide) groups is 1. The Morgan fingerprint density at radius 2 is 1.83 bits per heavy atom. The van der Waals surface area contributed by atoms with Crippen LogP contribution in [-0.2, 0) is 10.5 Å². The van der Waals surface area contributed by atoms with Gasteiger partial charge in [0.05, 0.1) is 6.61 Å². The van der Waals surface area contributed by atoms with E-state index in [9.17, 15) is 4.79 Å². The molecule has 0 radical (unpaired) electrons. The molecule has 0 fully saturated rings. The zero-order valence-electron chi connectivity index (χ0n) is 13.2. The monoisotopic (exact) mass is 349 g/mol. The summed E-state index contributed by atoms with van der Waals surface area (Å²) >= 11 is 7.61. The molecule has 3 nitrogen and oxygen atoms in total. The van der Waals surface area contributed by atoms with Gasteiger partial charge in [-0.15, -0.1) is 11.8 Å². The third-order valence-corrected chi connectivity index (χ3v) is 4.56. The summed E-state index contributed by atoms with van der Waals surface area (Å²) in [6.45, 7) is 2.42. The van der Waals surface area contributed by atoms with Gasteiger partial charge in [0, 0.05) is 34.4 Å². The highest BCUT2D eigenvalue weighted by Crippen LogP contribution is 2.24. The average Bonchev–Trinajstić information content (AvgIpc) is 2.55. The number of rotatable bonds is 7. The summed E-state index contributed by atoms with van der Waals surface area (Å²) in [6.07, 6.45) is 0. The normalized spacial score (nSPS) is 12.0. The fraction of sp³-hybridized carbons (Fsp3) is 0.278. The summed E-state index contributed by atoms with van der Waals surface area (Å²) in [5.74, 6) is 0.773. The van der Waals surface area contributed by atoms with E-state index in [1.807, 2.05) is 55.5 Å². The van der Waals surface area contributed by atoms with Gasteiger partial charge in [0.1, 0.15) is 0 Å². The number of benzene rings is 2. The van der Waals surface area contributed by atoms with Crippen molar-refractivity contribution in [1.29, 1.82) is 0 Å². The van der Waals surface area contributed by atoms with E-state index in [0.29, 0.717) is 12.2 Å². The van der Waals surface area contributed by atoms with E-state index in [0.717, 1.165) is 10.8 Å². The maximum absolute atomic E-state index is 12.1. The number of carbonyl (C=O) groups is 1. The number of amides is 1. The maximum Gasteiger partial charge on any atom is 0.251 e. The van der Waals surface area contributed by atoms with Crippen LogP contribution in [0.3, 0.4) is 0 Å². The van der Waals surface area contributed by atoms with Crippen LogP contribution in [0.25, 0.3) is 0 Å². The maximum atomic E-state index is 12.1. The molecular formula is C18H20ClNO2S. The lowest BCUT2D eigenvalue weighted by atomic mass is 10.1. The van der Waals surface area contributed by atoms with Crippen molar-refractivity contribution in [2.24, 2.45) is 0 Å². The first kappa shape index (κ1) is 17.9. The minimum Gasteiger partial charge on any atom is -0.383 e. The summed E-state index contributed by atoms with van der Waals surface area (Å²) in [5.41, 5.74) is 1.83. The second kappa shape index (κ2) is 8.96. The predicted octanol–water partition coefficient (Wildman–Crippen LogP) is 4.40. The standard InChI is InChI=1S/C18H20ClNO2S/c1-13(11-22-2)20-18(21)15-5-3-14(4-6-15)12-23-17-9-7-16(19)8-10-17/h3-10,13H,11-12H2,1-2H3,(H,20,21)/t13-/m0/s1. The minimum atomic E-state index is -0.0774. The molecule has 0 saturated carbocycles. The average molecular weight is 350 g/mol. The third-order valence-electron chi connectivity index (χ3n) is 3.23. The van der Waals surface area contributed by atoms with Gasteiger partial charge < -0.3 is 10.1 Å². The molecule has 0 unspecified atom stereocenters. The SMILES string of the molecule is COC[C@H](C)NC(=O)c1ccc(CSc2ccc(Cl)cc2)cc1. The van der Waals surface area contributed by atoms with E-state index < -0.39 is 0 Å². The van der Waals surface area contributed by atoms with Crippen LogP contribution in [-0.4, -0.2) is 25.7 Å². The van der Waals surface area contributed by atoms with Crippen molar-refractivity contribution in [3.8, 4) is 0 Å². The number of hydrogen-bond acceptors (Lipinski definition) is 3. The van der Waals surface area contributed by atoms with Crippen molar-refractivity contribution in [3.05, 3.63) is 64.7 Å². The van der Waals surface area contributed by atoms with Crippen LogP contribution < -0.4 is 5.32 Å². The highest BCUT2D eigenvalue weighted by Gasteiger charge is 2.09. The first-order valence-corrected chi connectivity index (χ1v) is 8.72. The van der Waals surface area contributed by atoms with Gasteiger partial charge in [-0.05, 0) is 48.9 Å². The van der Waals surface area contributed by atoms with E-state index in [4.69, 9.17) is 16.3 Å². The molecule has 0 aromatic heterocycles. The van der Waals surface area contributed by atoms with Crippen LogP contribution in [0.2, 0.25) is 5.02 Å². The molecule has 1 atom stereocenters. The topological polar surface area (TPSA) is 38.3 Å². The lowest BCUT2D eigenvalue weighted by molar-refractivity contribution is 0.0905. The molecule has 1 N–H and O–H groups in total. The number of carbonyl (C=O) groups excluding carboxylic acids is 1. The van der Waals surface area contributed by atoms with Crippen molar-refractivity contribution in [1.82, 2.24) is 5.32 Å². The van der Waals surface area contributed by atoms with Crippen LogP contribution in [0.1, 0.15) is 22.8 Å². The van der Waals surface area contributed by atoms with Crippen molar-refractivity contribution >= 4 is 29.3 Å². The minimum absolute atomic E-state index is 0.00682. The summed E-state index contributed by atoms with van der Waals surface area (Å²) in [6, 6.07) is 15.5. The molecule has 0 spiro atoms. The molecule has 5 heteroatoms. The van der Waals surface area contributed by atoms with Gasteiger partial charge in [-0.1, -0.05) is 23.7 Å². The third kappa shape index (κ3) is 5.90. The first-order chi connectivity index (χ1) is 11.1. The highest BCUT2D eigenvalue weighted by atomic mass is 35.5. The molecule has 1 amide bonds. The zero-order chi connectivity index (χ0) is 16.7. The quantitative estimate of drug-likeness (QED) is 0.753. The molecule has 122 valence electrons. The lowest BCUT2D eigenvalue weighted by Crippen LogP contribution is -2.35. The van der Waals surface area contributed by atoms with Crippen molar-refractivity contribution in [2.45, 2.75) is 23.6 Å². The Kier molecular flexibility index (Phi) is 6.96. The molecule has 0 aliphatic rings. The Morgan fingerprint density at radius 1 is 1.17 bits per heavy atom. The smallest absolute Gasteiger partial charge is 0.251 e. The fourth-order valence-corrected chi connectivity index (χ4v) is 3.03. The van der Waals surface area contributed by atoms with Gasteiger partial charge >= 0.3 is 0 Å². The second-order valence-corrected chi connectivity index (χ2v) is 6.75. The predicted molar refractivity (Wildman–Crippen MR) is 96.3 cm³/mol. The molecule has 0 aliphatic heterocycles. The number of hydrogen-bond donors (Lipinski definition) is 1. The van der Waals surface area contributed by atoms with E-state index in [1.165, 1.54) is 10.5 Å². The van der Waals surface area contributed by atoms with E-state index in [2.05, 4.69) is 5.32 Å². The van der Waals surface area contributed by atoms with Crippen LogP contribution in [0, 0.1) is 0 Å². The number of halogens is 1. The van der Waals surface area contributed by atoms with Gasteiger partial charge in [-0.2, -0.15) is 0 Å². The van der Waals surface area contributed by atoms with E-state index >= 15 is 0 Å². The van der Waals surface area contributed by atoms with Gasteiger partial charge in [0.25, 0.3) is 5.91 Å². The summed E-state index contributed by atoms with van der Waals surface area (Å²) < 4.78 is 5.02. The molecule has 23 heavy (non-hydrogen) atoms. The Balaban J connectivity index is 1.88. The molecule has 2 aromatic rings. The Hall–Kier alpha value is -1.49. The molecule has 0 saturated heterocycles. The van der Waals surface area contributed by atoms with Gasteiger partial charge in [-0.25, -0.2) is 0 Å². The lowest BCUT2D eigenvalue weighted by Gasteiger charge is -2.12. The van der Waals surface area contributed by atoms with Crippen molar-refractivity contribution in [2.75, 3.05) is 13.7 Å². The molecule has 0 heterocycles. The molecule has 0 bridgehead atoms. The zero-order valence-corrected chi connectivity index (χ0v) is 14.8. The largest absolute Gasteiger partial charge is 0.383 e. The van der Waals surface area contributed by atoms with Crippen LogP contribution in [0.4, 0.5) is 0 Å². The van der Waals surface area contributed by atoms with Crippen LogP contribution in [0.15, 0.2) is 53.4 Å². The van der Waals surface area contributed by atoms with Gasteiger partial charge in [0.15, 0.2) is 0 Å². The summed E-state index contributed by atoms with van der Waals surface area (Å²) in [4.78, 5) is 13.2. The van der Waals surface area contributed by atoms with Gasteiger partial charge in [-0.3, -0.25) is 4.79 Å². The number of methoxy groups -OCH3 is 1. The summed E-state index contributed by atoms with van der Waals surface area (Å²) in [5, 5.41) is 3.64. The highest BCUT2D eigenvalue weighted by molar-refractivity contribution is 7.98.